The van der Waals surface area contributed by atoms with Gasteiger partial charge < -0.3 is 15.6 Å². The Morgan fingerprint density at radius 3 is 2.73 bits per heavy atom. The largest absolute Gasteiger partial charge is 0.400 e. The van der Waals surface area contributed by atoms with E-state index >= 15 is 0 Å². The molecule has 6 heteroatoms. The Balaban J connectivity index is 0.000000531. The Kier molecular flexibility index (Phi) is 4.11. The van der Waals surface area contributed by atoms with Crippen molar-refractivity contribution < 1.29 is 9.90 Å². The first-order valence-electron chi connectivity index (χ1n) is 4.64. The molecule has 1 aliphatic carbocycles. The first-order valence-corrected chi connectivity index (χ1v) is 5.02. The van der Waals surface area contributed by atoms with Crippen molar-refractivity contribution in [3.63, 3.8) is 0 Å². The smallest absolute Gasteiger partial charge is 0.141 e. The molecule has 1 saturated carbocycles. The zero-order valence-corrected chi connectivity index (χ0v) is 9.24. The van der Waals surface area contributed by atoms with E-state index in [-0.39, 0.29) is 6.54 Å². The number of halogens is 1. The van der Waals surface area contributed by atoms with Crippen LogP contribution in [0.25, 0.3) is 0 Å². The number of rotatable bonds is 3. The number of anilines is 1. The van der Waals surface area contributed by atoms with Crippen LogP contribution >= 0.6 is 11.6 Å². The number of aliphatic hydroxyl groups is 1. The number of nitrogen functional groups attached to an aromatic ring is 1. The van der Waals surface area contributed by atoms with Gasteiger partial charge in [0.1, 0.15) is 17.1 Å². The van der Waals surface area contributed by atoms with Gasteiger partial charge in [-0.25, -0.2) is 4.68 Å². The molecule has 3 N–H and O–H groups in total. The summed E-state index contributed by atoms with van der Waals surface area (Å²) in [5.74, 6) is 0.860. The third kappa shape index (κ3) is 2.49. The number of carbonyl (C=O) groups is 1. The first-order chi connectivity index (χ1) is 7.24. The molecule has 1 fully saturated rings. The summed E-state index contributed by atoms with van der Waals surface area (Å²) in [7, 11) is 1.00. The second kappa shape index (κ2) is 5.14. The summed E-state index contributed by atoms with van der Waals surface area (Å²) in [6.07, 6.45) is 3.00. The predicted molar refractivity (Wildman–Crippen MR) is 57.8 cm³/mol. The molecule has 1 aromatic heterocycles. The summed E-state index contributed by atoms with van der Waals surface area (Å²) in [6.45, 7) is 0.179. The van der Waals surface area contributed by atoms with Crippen LogP contribution in [0, 0.1) is 0 Å². The summed E-state index contributed by atoms with van der Waals surface area (Å²) in [5, 5.41) is 11.7. The lowest BCUT2D eigenvalue weighted by Crippen LogP contribution is -2.05. The average Bonchev–Trinajstić information content (AvgIpc) is 3.05. The van der Waals surface area contributed by atoms with Crippen molar-refractivity contribution in [1.82, 2.24) is 9.78 Å². The van der Waals surface area contributed by atoms with Crippen LogP contribution < -0.4 is 5.73 Å². The maximum Gasteiger partial charge on any atom is 0.141 e. The number of aliphatic hydroxyl groups excluding tert-OH is 1. The fourth-order valence-corrected chi connectivity index (χ4v) is 1.59. The molecule has 0 spiro atoms. The molecule has 1 aromatic rings. The number of hydrogen-bond acceptors (Lipinski definition) is 4. The molecule has 0 atom stereocenters. The lowest BCUT2D eigenvalue weighted by atomic mass is 10.3. The van der Waals surface area contributed by atoms with Gasteiger partial charge in [-0.05, 0) is 12.8 Å². The molecule has 15 heavy (non-hydrogen) atoms. The molecule has 2 rings (SSSR count). The Hall–Kier alpha value is -1.07. The normalized spacial score (nSPS) is 14.3. The summed E-state index contributed by atoms with van der Waals surface area (Å²) < 4.78 is 1.45. The molecule has 0 aliphatic heterocycles. The van der Waals surface area contributed by atoms with E-state index < -0.39 is 0 Å². The molecule has 0 radical (unpaired) electrons. The molecule has 1 aliphatic rings. The zero-order valence-electron chi connectivity index (χ0n) is 8.48. The maximum atomic E-state index is 10.3. The monoisotopic (exact) mass is 231 g/mol. The topological polar surface area (TPSA) is 81.1 Å². The molecule has 0 amide bonds. The van der Waals surface area contributed by atoms with Gasteiger partial charge in [-0.3, -0.25) is 0 Å². The lowest BCUT2D eigenvalue weighted by Gasteiger charge is -1.95. The molecule has 1 heterocycles. The van der Waals surface area contributed by atoms with Crippen LogP contribution in [0.4, 0.5) is 5.82 Å². The molecule has 0 saturated heterocycles. The highest BCUT2D eigenvalue weighted by Gasteiger charge is 2.30. The predicted octanol–water partition coefficient (Wildman–Crippen LogP) is 0.803. The van der Waals surface area contributed by atoms with Crippen molar-refractivity contribution in [2.45, 2.75) is 25.3 Å². The van der Waals surface area contributed by atoms with Crippen LogP contribution in [0.1, 0.15) is 24.5 Å². The Morgan fingerprint density at radius 2 is 2.27 bits per heavy atom. The number of aldehydes is 1. The number of aromatic nitrogens is 2. The van der Waals surface area contributed by atoms with Crippen LogP contribution in [0.15, 0.2) is 0 Å². The van der Waals surface area contributed by atoms with Crippen LogP contribution in [-0.2, 0) is 11.3 Å². The quantitative estimate of drug-likeness (QED) is 0.755. The summed E-state index contributed by atoms with van der Waals surface area (Å²) in [5.41, 5.74) is 6.51. The second-order valence-corrected chi connectivity index (χ2v) is 3.59. The van der Waals surface area contributed by atoms with Crippen LogP contribution in [0.3, 0.4) is 0 Å². The van der Waals surface area contributed by atoms with E-state index in [9.17, 15) is 4.79 Å². The van der Waals surface area contributed by atoms with Crippen molar-refractivity contribution in [2.75, 3.05) is 12.8 Å². The summed E-state index contributed by atoms with van der Waals surface area (Å²) in [4.78, 5) is 10.3. The highest BCUT2D eigenvalue weighted by molar-refractivity contribution is 6.33. The SMILES string of the molecule is CO.Nc1c(Cl)c(C2CC2)nn1CC=O. The van der Waals surface area contributed by atoms with Crippen molar-refractivity contribution in [3.05, 3.63) is 10.7 Å². The van der Waals surface area contributed by atoms with Crippen LogP contribution in [-0.4, -0.2) is 28.3 Å². The van der Waals surface area contributed by atoms with E-state index in [0.717, 1.165) is 31.9 Å². The number of hydrogen-bond donors (Lipinski definition) is 2. The van der Waals surface area contributed by atoms with E-state index in [0.29, 0.717) is 16.8 Å². The molecular formula is C9H14ClN3O2. The minimum absolute atomic E-state index is 0.179. The second-order valence-electron chi connectivity index (χ2n) is 3.21. The van der Waals surface area contributed by atoms with Gasteiger partial charge in [0, 0.05) is 13.0 Å². The third-order valence-electron chi connectivity index (χ3n) is 2.17. The van der Waals surface area contributed by atoms with E-state index in [1.807, 2.05) is 0 Å². The van der Waals surface area contributed by atoms with Gasteiger partial charge in [-0.15, -0.1) is 0 Å². The highest BCUT2D eigenvalue weighted by atomic mass is 35.5. The Morgan fingerprint density at radius 1 is 1.67 bits per heavy atom. The Labute approximate surface area is 92.8 Å². The molecule has 0 aromatic carbocycles. The van der Waals surface area contributed by atoms with Crippen LogP contribution in [0.5, 0.6) is 0 Å². The minimum atomic E-state index is 0.179. The van der Waals surface area contributed by atoms with Crippen LogP contribution in [0.2, 0.25) is 5.02 Å². The van der Waals surface area contributed by atoms with Gasteiger partial charge >= 0.3 is 0 Å². The van der Waals surface area contributed by atoms with Crippen molar-refractivity contribution in [1.29, 1.82) is 0 Å². The average molecular weight is 232 g/mol. The molecule has 0 unspecified atom stereocenters. The third-order valence-corrected chi connectivity index (χ3v) is 2.56. The van der Waals surface area contributed by atoms with Gasteiger partial charge in [0.25, 0.3) is 0 Å². The molecule has 0 bridgehead atoms. The van der Waals surface area contributed by atoms with Gasteiger partial charge in [-0.2, -0.15) is 5.10 Å². The van der Waals surface area contributed by atoms with E-state index in [1.165, 1.54) is 4.68 Å². The standard InChI is InChI=1S/C8H10ClN3O.CH4O/c9-6-7(5-1-2-5)11-12(3-4-13)8(6)10;1-2/h4-5H,1-3,10H2;2H,1H3. The first kappa shape index (κ1) is 12.0. The lowest BCUT2D eigenvalue weighted by molar-refractivity contribution is -0.108. The molecule has 84 valence electrons. The van der Waals surface area contributed by atoms with Gasteiger partial charge in [0.2, 0.25) is 0 Å². The highest BCUT2D eigenvalue weighted by Crippen LogP contribution is 2.43. The fraction of sp³-hybridized carbons (Fsp3) is 0.556. The number of carbonyl (C=O) groups excluding carboxylic acids is 1. The van der Waals surface area contributed by atoms with Gasteiger partial charge in [-0.1, -0.05) is 11.6 Å². The summed E-state index contributed by atoms with van der Waals surface area (Å²) in [6, 6.07) is 0. The van der Waals surface area contributed by atoms with Crippen molar-refractivity contribution in [3.8, 4) is 0 Å². The van der Waals surface area contributed by atoms with E-state index in [2.05, 4.69) is 5.10 Å². The summed E-state index contributed by atoms with van der Waals surface area (Å²) >= 11 is 5.96. The Bertz CT molecular complexity index is 347. The number of nitrogens with two attached hydrogens (primary N) is 1. The molecular weight excluding hydrogens is 218 g/mol. The van der Waals surface area contributed by atoms with Crippen molar-refractivity contribution in [2.24, 2.45) is 0 Å². The van der Waals surface area contributed by atoms with Gasteiger partial charge in [0.15, 0.2) is 0 Å². The maximum absolute atomic E-state index is 10.3. The molecule has 5 nitrogen and oxygen atoms in total. The fourth-order valence-electron chi connectivity index (χ4n) is 1.30. The van der Waals surface area contributed by atoms with E-state index in [1.54, 1.807) is 0 Å². The zero-order chi connectivity index (χ0) is 11.4. The van der Waals surface area contributed by atoms with Gasteiger partial charge in [0.05, 0.1) is 12.2 Å². The minimum Gasteiger partial charge on any atom is -0.400 e. The van der Waals surface area contributed by atoms with Crippen molar-refractivity contribution >= 4 is 23.7 Å². The van der Waals surface area contributed by atoms with E-state index in [4.69, 9.17) is 22.4 Å². The number of nitrogens with zero attached hydrogens (tertiary/aromatic N) is 2.